The first-order valence-corrected chi connectivity index (χ1v) is 11.6. The molecule has 0 radical (unpaired) electrons. The highest BCUT2D eigenvalue weighted by Crippen LogP contribution is 2.25. The number of amides is 1. The number of aromatic nitrogens is 2. The van der Waals surface area contributed by atoms with Crippen LogP contribution in [0.4, 0.5) is 0 Å². The van der Waals surface area contributed by atoms with Crippen LogP contribution in [0.5, 0.6) is 0 Å². The zero-order chi connectivity index (χ0) is 24.9. The third-order valence-corrected chi connectivity index (χ3v) is 5.88. The average Bonchev–Trinajstić information content (AvgIpc) is 2.87. The van der Waals surface area contributed by atoms with E-state index < -0.39 is 0 Å². The maximum absolute atomic E-state index is 13.7. The number of hydrogen-bond donors (Lipinski definition) is 1. The highest BCUT2D eigenvalue weighted by molar-refractivity contribution is 6.31. The van der Waals surface area contributed by atoms with Gasteiger partial charge < -0.3 is 9.88 Å². The van der Waals surface area contributed by atoms with Gasteiger partial charge in [0.05, 0.1) is 22.5 Å². The van der Waals surface area contributed by atoms with Crippen LogP contribution < -0.4 is 10.7 Å². The zero-order valence-corrected chi connectivity index (χ0v) is 20.6. The lowest BCUT2D eigenvalue weighted by Gasteiger charge is -2.21. The minimum absolute atomic E-state index is 0.0102. The molecule has 6 nitrogen and oxygen atoms in total. The summed E-state index contributed by atoms with van der Waals surface area (Å²) in [6.07, 6.45) is 4.86. The van der Waals surface area contributed by atoms with Crippen LogP contribution in [-0.4, -0.2) is 21.2 Å². The third-order valence-electron chi connectivity index (χ3n) is 5.42. The molecule has 0 saturated carbocycles. The van der Waals surface area contributed by atoms with Crippen LogP contribution in [0.3, 0.4) is 0 Å². The molecule has 1 N–H and O–H groups in total. The Morgan fingerprint density at radius 3 is 2.57 bits per heavy atom. The molecule has 2 aromatic heterocycles. The number of hydrogen-bond acceptors (Lipinski definition) is 4. The molecule has 1 amide bonds. The molecule has 2 aromatic carbocycles. The van der Waals surface area contributed by atoms with Crippen molar-refractivity contribution in [2.75, 3.05) is 0 Å². The summed E-state index contributed by atoms with van der Waals surface area (Å²) in [5.74, 6) is -0.370. The lowest BCUT2D eigenvalue weighted by Crippen LogP contribution is -2.30. The van der Waals surface area contributed by atoms with E-state index in [1.54, 1.807) is 36.5 Å². The van der Waals surface area contributed by atoms with Crippen molar-refractivity contribution in [2.24, 2.45) is 4.99 Å². The number of rotatable bonds is 6. The standard InChI is InChI=1S/C27H22Cl2N4O2/c1-3-13-30-17(2)25-22(16-32-27(35)18-9-12-24(29)31-15-18)26(34)21-11-10-19(28)14-23(21)33(25)20-7-5-4-6-8-20/h3-15H,16H2,1-2H3,(H,32,35)/b13-3-,30-17+. The van der Waals surface area contributed by atoms with E-state index in [9.17, 15) is 9.59 Å². The molecule has 0 fully saturated rings. The highest BCUT2D eigenvalue weighted by atomic mass is 35.5. The van der Waals surface area contributed by atoms with Crippen molar-refractivity contribution in [3.8, 4) is 5.69 Å². The molecule has 35 heavy (non-hydrogen) atoms. The van der Waals surface area contributed by atoms with Crippen LogP contribution in [0.1, 0.15) is 35.5 Å². The molecule has 176 valence electrons. The molecule has 4 aromatic rings. The Labute approximate surface area is 212 Å². The third kappa shape index (κ3) is 5.19. The van der Waals surface area contributed by atoms with Gasteiger partial charge in [-0.3, -0.25) is 14.6 Å². The highest BCUT2D eigenvalue weighted by Gasteiger charge is 2.21. The van der Waals surface area contributed by atoms with Gasteiger partial charge in [0, 0.05) is 40.6 Å². The van der Waals surface area contributed by atoms with E-state index in [0.717, 1.165) is 5.69 Å². The molecule has 0 aliphatic carbocycles. The maximum Gasteiger partial charge on any atom is 0.253 e. The molecular weight excluding hydrogens is 483 g/mol. The van der Waals surface area contributed by atoms with Gasteiger partial charge in [0.15, 0.2) is 5.43 Å². The maximum atomic E-state index is 13.7. The first-order chi connectivity index (χ1) is 16.9. The quantitative estimate of drug-likeness (QED) is 0.259. The van der Waals surface area contributed by atoms with Gasteiger partial charge in [-0.15, -0.1) is 0 Å². The van der Waals surface area contributed by atoms with E-state index in [0.29, 0.717) is 43.6 Å². The Kier molecular flexibility index (Phi) is 7.44. The van der Waals surface area contributed by atoms with E-state index in [1.165, 1.54) is 12.3 Å². The number of fused-ring (bicyclic) bond motifs is 1. The minimum Gasteiger partial charge on any atom is -0.348 e. The molecule has 0 atom stereocenters. The van der Waals surface area contributed by atoms with Crippen LogP contribution in [0.25, 0.3) is 16.6 Å². The summed E-state index contributed by atoms with van der Waals surface area (Å²) in [6, 6.07) is 17.9. The summed E-state index contributed by atoms with van der Waals surface area (Å²) in [6.45, 7) is 3.69. The molecule has 8 heteroatoms. The summed E-state index contributed by atoms with van der Waals surface area (Å²) >= 11 is 12.2. The summed E-state index contributed by atoms with van der Waals surface area (Å²) < 4.78 is 1.95. The largest absolute Gasteiger partial charge is 0.348 e. The zero-order valence-electron chi connectivity index (χ0n) is 19.1. The summed E-state index contributed by atoms with van der Waals surface area (Å²) in [4.78, 5) is 35.0. The monoisotopic (exact) mass is 504 g/mol. The van der Waals surface area contributed by atoms with Crippen LogP contribution >= 0.6 is 23.2 Å². The van der Waals surface area contributed by atoms with Gasteiger partial charge in [0.1, 0.15) is 5.15 Å². The number of carbonyl (C=O) groups excluding carboxylic acids is 1. The van der Waals surface area contributed by atoms with Crippen molar-refractivity contribution in [3.63, 3.8) is 0 Å². The molecule has 0 aliphatic rings. The van der Waals surface area contributed by atoms with Crippen molar-refractivity contribution >= 4 is 45.7 Å². The fraction of sp³-hybridized carbons (Fsp3) is 0.111. The average molecular weight is 505 g/mol. The lowest BCUT2D eigenvalue weighted by molar-refractivity contribution is 0.0950. The van der Waals surface area contributed by atoms with Crippen molar-refractivity contribution in [1.29, 1.82) is 0 Å². The second-order valence-corrected chi connectivity index (χ2v) is 8.56. The molecular formula is C27H22Cl2N4O2. The Morgan fingerprint density at radius 1 is 1.11 bits per heavy atom. The van der Waals surface area contributed by atoms with E-state index in [2.05, 4.69) is 15.3 Å². The van der Waals surface area contributed by atoms with Crippen LogP contribution in [-0.2, 0) is 6.54 Å². The molecule has 0 saturated heterocycles. The number of para-hydroxylation sites is 1. The van der Waals surface area contributed by atoms with Gasteiger partial charge in [-0.05, 0) is 56.3 Å². The second-order valence-electron chi connectivity index (χ2n) is 7.74. The number of carbonyl (C=O) groups is 1. The molecule has 0 bridgehead atoms. The van der Waals surface area contributed by atoms with Crippen molar-refractivity contribution < 1.29 is 4.79 Å². The Balaban J connectivity index is 1.95. The Morgan fingerprint density at radius 2 is 1.89 bits per heavy atom. The number of allylic oxidation sites excluding steroid dienone is 1. The number of halogens is 2. The Bertz CT molecular complexity index is 1510. The van der Waals surface area contributed by atoms with E-state index in [1.807, 2.05) is 48.7 Å². The first-order valence-electron chi connectivity index (χ1n) is 10.9. The number of aliphatic imine (C=N–C) groups is 1. The fourth-order valence-electron chi connectivity index (χ4n) is 3.83. The predicted octanol–water partition coefficient (Wildman–Crippen LogP) is 5.97. The fourth-order valence-corrected chi connectivity index (χ4v) is 4.10. The van der Waals surface area contributed by atoms with Crippen LogP contribution in [0.15, 0.2) is 88.9 Å². The van der Waals surface area contributed by atoms with Gasteiger partial charge in [-0.1, -0.05) is 47.5 Å². The van der Waals surface area contributed by atoms with Crippen molar-refractivity contribution in [3.05, 3.63) is 116 Å². The molecule has 0 aliphatic heterocycles. The first kappa shape index (κ1) is 24.4. The normalized spacial score (nSPS) is 11.8. The smallest absolute Gasteiger partial charge is 0.253 e. The van der Waals surface area contributed by atoms with Crippen molar-refractivity contribution in [2.45, 2.75) is 20.4 Å². The molecule has 0 unspecified atom stereocenters. The lowest BCUT2D eigenvalue weighted by atomic mass is 10.0. The van der Waals surface area contributed by atoms with E-state index >= 15 is 0 Å². The second kappa shape index (κ2) is 10.7. The molecule has 2 heterocycles. The number of nitrogens with one attached hydrogen (secondary N) is 1. The van der Waals surface area contributed by atoms with Crippen molar-refractivity contribution in [1.82, 2.24) is 14.9 Å². The van der Waals surface area contributed by atoms with Gasteiger partial charge in [0.2, 0.25) is 0 Å². The number of nitrogens with zero attached hydrogens (tertiary/aromatic N) is 3. The molecule has 0 spiro atoms. The SMILES string of the molecule is C/C=C\N=C(/C)c1c(CNC(=O)c2ccc(Cl)nc2)c(=O)c2ccc(Cl)cc2n1-c1ccccc1. The van der Waals surface area contributed by atoms with Crippen LogP contribution in [0.2, 0.25) is 10.2 Å². The minimum atomic E-state index is -0.370. The summed E-state index contributed by atoms with van der Waals surface area (Å²) in [7, 11) is 0. The van der Waals surface area contributed by atoms with Gasteiger partial charge in [-0.2, -0.15) is 0 Å². The van der Waals surface area contributed by atoms with E-state index in [-0.39, 0.29) is 17.9 Å². The predicted molar refractivity (Wildman–Crippen MR) is 142 cm³/mol. The van der Waals surface area contributed by atoms with Gasteiger partial charge in [0.25, 0.3) is 5.91 Å². The van der Waals surface area contributed by atoms with Gasteiger partial charge in [-0.25, -0.2) is 4.98 Å². The van der Waals surface area contributed by atoms with E-state index in [4.69, 9.17) is 23.2 Å². The number of benzene rings is 2. The van der Waals surface area contributed by atoms with Crippen LogP contribution in [0, 0.1) is 0 Å². The summed E-state index contributed by atoms with van der Waals surface area (Å²) in [5, 5.41) is 4.13. The molecule has 4 rings (SSSR count). The summed E-state index contributed by atoms with van der Waals surface area (Å²) in [5.41, 5.74) is 3.22. The number of pyridine rings is 2. The Hall–Kier alpha value is -3.74. The van der Waals surface area contributed by atoms with Gasteiger partial charge >= 0.3 is 0 Å². The topological polar surface area (TPSA) is 76.3 Å².